The molecule has 3 heteroatoms. The van der Waals surface area contributed by atoms with Gasteiger partial charge in [0, 0.05) is 6.42 Å². The molecule has 1 fully saturated rings. The van der Waals surface area contributed by atoms with E-state index in [1.807, 2.05) is 24.3 Å². The largest absolute Gasteiger partial charge is 0.496 e. The summed E-state index contributed by atoms with van der Waals surface area (Å²) in [5.74, 6) is 1.26. The molecule has 0 N–H and O–H groups in total. The standard InChI is InChI=1S/C13H16O2S/c1-15-11-7-3-5-9-13(11)16-12-8-4-2-6-10(12)14/h3,5,7,9,12H,2,4,6,8H2,1H3. The van der Waals surface area contributed by atoms with Crippen molar-refractivity contribution >= 4 is 17.5 Å². The summed E-state index contributed by atoms with van der Waals surface area (Å²) in [5.41, 5.74) is 0. The van der Waals surface area contributed by atoms with Gasteiger partial charge in [-0.15, -0.1) is 11.8 Å². The number of carbonyl (C=O) groups excluding carboxylic acids is 1. The summed E-state index contributed by atoms with van der Waals surface area (Å²) in [6.07, 6.45) is 3.97. The molecule has 0 amide bonds. The number of carbonyl (C=O) groups is 1. The first-order chi connectivity index (χ1) is 7.81. The molecule has 2 rings (SSSR count). The first-order valence-corrected chi connectivity index (χ1v) is 6.51. The summed E-state index contributed by atoms with van der Waals surface area (Å²) in [6.45, 7) is 0. The smallest absolute Gasteiger partial charge is 0.146 e. The van der Waals surface area contributed by atoms with E-state index in [1.54, 1.807) is 18.9 Å². The lowest BCUT2D eigenvalue weighted by molar-refractivity contribution is -0.119. The number of hydrogen-bond donors (Lipinski definition) is 0. The Kier molecular flexibility index (Phi) is 3.88. The minimum absolute atomic E-state index is 0.130. The molecule has 1 aliphatic rings. The zero-order valence-corrected chi connectivity index (χ0v) is 10.3. The Bertz CT molecular complexity index is 376. The van der Waals surface area contributed by atoms with Gasteiger partial charge in [0.1, 0.15) is 11.5 Å². The third-order valence-corrected chi connectivity index (χ3v) is 4.21. The maximum Gasteiger partial charge on any atom is 0.146 e. The van der Waals surface area contributed by atoms with Crippen molar-refractivity contribution in [3.63, 3.8) is 0 Å². The van der Waals surface area contributed by atoms with Gasteiger partial charge < -0.3 is 4.74 Å². The minimum atomic E-state index is 0.130. The quantitative estimate of drug-likeness (QED) is 0.805. The third-order valence-electron chi connectivity index (χ3n) is 2.84. The molecule has 1 aliphatic carbocycles. The van der Waals surface area contributed by atoms with Gasteiger partial charge in [0.25, 0.3) is 0 Å². The molecule has 0 aromatic heterocycles. The summed E-state index contributed by atoms with van der Waals surface area (Å²) in [5, 5.41) is 0.130. The van der Waals surface area contributed by atoms with Crippen LogP contribution in [0.1, 0.15) is 25.7 Å². The van der Waals surface area contributed by atoms with Crippen molar-refractivity contribution in [3.8, 4) is 5.75 Å². The fraction of sp³-hybridized carbons (Fsp3) is 0.462. The van der Waals surface area contributed by atoms with Gasteiger partial charge in [-0.2, -0.15) is 0 Å². The van der Waals surface area contributed by atoms with Crippen LogP contribution in [-0.2, 0) is 4.79 Å². The van der Waals surface area contributed by atoms with Crippen molar-refractivity contribution in [1.82, 2.24) is 0 Å². The highest BCUT2D eigenvalue weighted by Gasteiger charge is 2.23. The lowest BCUT2D eigenvalue weighted by atomic mass is 9.99. The third kappa shape index (κ3) is 2.59. The number of para-hydroxylation sites is 1. The molecule has 0 saturated heterocycles. The van der Waals surface area contributed by atoms with E-state index in [9.17, 15) is 4.79 Å². The van der Waals surface area contributed by atoms with Crippen molar-refractivity contribution in [2.45, 2.75) is 35.8 Å². The number of methoxy groups -OCH3 is 1. The van der Waals surface area contributed by atoms with Crippen LogP contribution < -0.4 is 4.74 Å². The van der Waals surface area contributed by atoms with Crippen molar-refractivity contribution in [3.05, 3.63) is 24.3 Å². The monoisotopic (exact) mass is 236 g/mol. The van der Waals surface area contributed by atoms with Gasteiger partial charge in [-0.3, -0.25) is 4.79 Å². The van der Waals surface area contributed by atoms with E-state index in [1.165, 1.54) is 6.42 Å². The van der Waals surface area contributed by atoms with Crippen LogP contribution in [0.3, 0.4) is 0 Å². The van der Waals surface area contributed by atoms with Gasteiger partial charge in [0.2, 0.25) is 0 Å². The number of Topliss-reactive ketones (excluding diaryl/α,β-unsaturated/α-hetero) is 1. The van der Waals surface area contributed by atoms with Crippen LogP contribution >= 0.6 is 11.8 Å². The van der Waals surface area contributed by atoms with Crippen LogP contribution in [0.15, 0.2) is 29.2 Å². The molecular weight excluding hydrogens is 220 g/mol. The summed E-state index contributed by atoms with van der Waals surface area (Å²) in [7, 11) is 1.67. The maximum atomic E-state index is 11.7. The molecule has 0 spiro atoms. The fourth-order valence-electron chi connectivity index (χ4n) is 1.95. The van der Waals surface area contributed by atoms with Gasteiger partial charge >= 0.3 is 0 Å². The summed E-state index contributed by atoms with van der Waals surface area (Å²) >= 11 is 1.65. The molecule has 1 aromatic carbocycles. The second-order valence-electron chi connectivity index (χ2n) is 3.97. The highest BCUT2D eigenvalue weighted by atomic mass is 32.2. The second kappa shape index (κ2) is 5.39. The zero-order chi connectivity index (χ0) is 11.4. The number of ketones is 1. The second-order valence-corrected chi connectivity index (χ2v) is 5.21. The summed E-state index contributed by atoms with van der Waals surface area (Å²) < 4.78 is 5.29. The van der Waals surface area contributed by atoms with Gasteiger partial charge in [0.15, 0.2) is 0 Å². The maximum absolute atomic E-state index is 11.7. The van der Waals surface area contributed by atoms with Gasteiger partial charge in [-0.05, 0) is 25.0 Å². The Balaban J connectivity index is 2.10. The van der Waals surface area contributed by atoms with Crippen LogP contribution in [-0.4, -0.2) is 18.1 Å². The highest BCUT2D eigenvalue weighted by Crippen LogP contribution is 2.36. The van der Waals surface area contributed by atoms with E-state index in [-0.39, 0.29) is 5.25 Å². The summed E-state index contributed by atoms with van der Waals surface area (Å²) in [4.78, 5) is 12.8. The van der Waals surface area contributed by atoms with Crippen molar-refractivity contribution in [2.75, 3.05) is 7.11 Å². The molecule has 1 saturated carbocycles. The van der Waals surface area contributed by atoms with Crippen molar-refractivity contribution in [1.29, 1.82) is 0 Å². The Morgan fingerprint density at radius 3 is 2.88 bits per heavy atom. The number of hydrogen-bond acceptors (Lipinski definition) is 3. The molecule has 1 atom stereocenters. The molecule has 16 heavy (non-hydrogen) atoms. The highest BCUT2D eigenvalue weighted by molar-refractivity contribution is 8.00. The van der Waals surface area contributed by atoms with E-state index in [0.717, 1.165) is 29.9 Å². The lowest BCUT2D eigenvalue weighted by Gasteiger charge is -2.20. The number of ether oxygens (including phenoxy) is 1. The molecule has 0 radical (unpaired) electrons. The number of rotatable bonds is 3. The Hall–Kier alpha value is -0.960. The van der Waals surface area contributed by atoms with E-state index in [2.05, 4.69) is 0 Å². The average Bonchev–Trinajstić information content (AvgIpc) is 2.33. The molecule has 1 unspecified atom stereocenters. The molecule has 0 aliphatic heterocycles. The van der Waals surface area contributed by atoms with Crippen molar-refractivity contribution in [2.24, 2.45) is 0 Å². The zero-order valence-electron chi connectivity index (χ0n) is 9.44. The average molecular weight is 236 g/mol. The first-order valence-electron chi connectivity index (χ1n) is 5.63. The predicted octanol–water partition coefficient (Wildman–Crippen LogP) is 3.30. The molecular formula is C13H16O2S. The van der Waals surface area contributed by atoms with E-state index in [4.69, 9.17) is 4.74 Å². The van der Waals surface area contributed by atoms with Crippen LogP contribution in [0.25, 0.3) is 0 Å². The van der Waals surface area contributed by atoms with Crippen LogP contribution in [0, 0.1) is 0 Å². The van der Waals surface area contributed by atoms with Crippen LogP contribution in [0.5, 0.6) is 5.75 Å². The van der Waals surface area contributed by atoms with E-state index in [0.29, 0.717) is 5.78 Å². The lowest BCUT2D eigenvalue weighted by Crippen LogP contribution is -2.21. The SMILES string of the molecule is COc1ccccc1SC1CCCCC1=O. The van der Waals surface area contributed by atoms with Gasteiger partial charge in [-0.25, -0.2) is 0 Å². The number of benzene rings is 1. The van der Waals surface area contributed by atoms with Crippen LogP contribution in [0.2, 0.25) is 0 Å². The normalized spacial score (nSPS) is 20.8. The Morgan fingerprint density at radius 2 is 2.12 bits per heavy atom. The number of thioether (sulfide) groups is 1. The molecule has 0 bridgehead atoms. The van der Waals surface area contributed by atoms with Crippen molar-refractivity contribution < 1.29 is 9.53 Å². The predicted molar refractivity (Wildman–Crippen MR) is 66.1 cm³/mol. The minimum Gasteiger partial charge on any atom is -0.496 e. The first kappa shape index (κ1) is 11.5. The Labute approximate surface area is 100 Å². The van der Waals surface area contributed by atoms with E-state index >= 15 is 0 Å². The fourth-order valence-corrected chi connectivity index (χ4v) is 3.21. The molecule has 86 valence electrons. The topological polar surface area (TPSA) is 26.3 Å². The molecule has 1 aromatic rings. The summed E-state index contributed by atoms with van der Waals surface area (Å²) in [6, 6.07) is 7.89. The van der Waals surface area contributed by atoms with Gasteiger partial charge in [0.05, 0.1) is 17.3 Å². The molecule has 0 heterocycles. The Morgan fingerprint density at radius 1 is 1.31 bits per heavy atom. The van der Waals surface area contributed by atoms with Crippen LogP contribution in [0.4, 0.5) is 0 Å². The van der Waals surface area contributed by atoms with E-state index < -0.39 is 0 Å². The van der Waals surface area contributed by atoms with Gasteiger partial charge in [-0.1, -0.05) is 18.6 Å². The molecule has 2 nitrogen and oxygen atoms in total.